The predicted octanol–water partition coefficient (Wildman–Crippen LogP) is 7.30. The Morgan fingerprint density at radius 2 is 1.36 bits per heavy atom. The number of pyridine rings is 1. The average Bonchev–Trinajstić information content (AvgIpc) is 3.46. The molecule has 0 amide bonds. The summed E-state index contributed by atoms with van der Waals surface area (Å²) in [5.41, 5.74) is 5.45. The third-order valence-corrected chi connectivity index (χ3v) is 8.66. The standard InChI is InChI=1S/C38H36N4O2/c1-2-44-33-18-19-35-34(27-33)37(28-20-23-39-36(26-28)41-24-21-32(43)22-25-41)40-42(35)38(29-12-6-3-7-13-29,30-14-8-4-9-15-30)31-16-10-5-11-17-31/h3-20,23,26-27,32,43H,2,21-22,24-25H2,1H3. The molecule has 2 aromatic heterocycles. The molecule has 1 N–H and O–H groups in total. The molecule has 220 valence electrons. The van der Waals surface area contributed by atoms with Gasteiger partial charge < -0.3 is 14.7 Å². The summed E-state index contributed by atoms with van der Waals surface area (Å²) in [6.45, 7) is 4.14. The van der Waals surface area contributed by atoms with Crippen LogP contribution < -0.4 is 9.64 Å². The van der Waals surface area contributed by atoms with Crippen molar-refractivity contribution in [2.45, 2.75) is 31.4 Å². The third-order valence-electron chi connectivity index (χ3n) is 8.66. The van der Waals surface area contributed by atoms with Gasteiger partial charge in [-0.15, -0.1) is 0 Å². The Kier molecular flexibility index (Phi) is 7.59. The zero-order chi connectivity index (χ0) is 29.9. The van der Waals surface area contributed by atoms with Crippen LogP contribution in [0, 0.1) is 0 Å². The van der Waals surface area contributed by atoms with Crippen LogP contribution in [0.25, 0.3) is 22.2 Å². The average molecular weight is 581 g/mol. The first-order valence-electron chi connectivity index (χ1n) is 15.4. The van der Waals surface area contributed by atoms with Crippen molar-refractivity contribution >= 4 is 16.7 Å². The van der Waals surface area contributed by atoms with Crippen molar-refractivity contribution < 1.29 is 9.84 Å². The molecule has 44 heavy (non-hydrogen) atoms. The quantitative estimate of drug-likeness (QED) is 0.192. The molecule has 6 nitrogen and oxygen atoms in total. The van der Waals surface area contributed by atoms with Gasteiger partial charge in [0.1, 0.15) is 22.8 Å². The van der Waals surface area contributed by atoms with E-state index in [0.717, 1.165) is 76.3 Å². The van der Waals surface area contributed by atoms with E-state index in [-0.39, 0.29) is 6.10 Å². The Labute approximate surface area is 258 Å². The molecular formula is C38H36N4O2. The minimum atomic E-state index is -0.758. The first kappa shape index (κ1) is 27.9. The molecule has 0 aliphatic carbocycles. The Hall–Kier alpha value is -4.94. The number of benzene rings is 4. The van der Waals surface area contributed by atoms with Crippen LogP contribution in [0.5, 0.6) is 5.75 Å². The lowest BCUT2D eigenvalue weighted by Gasteiger charge is -2.37. The number of aliphatic hydroxyl groups excluding tert-OH is 1. The van der Waals surface area contributed by atoms with E-state index in [1.807, 2.05) is 25.3 Å². The highest BCUT2D eigenvalue weighted by atomic mass is 16.5. The van der Waals surface area contributed by atoms with Crippen molar-refractivity contribution in [3.63, 3.8) is 0 Å². The van der Waals surface area contributed by atoms with Crippen molar-refractivity contribution in [3.05, 3.63) is 144 Å². The van der Waals surface area contributed by atoms with Gasteiger partial charge in [0.2, 0.25) is 0 Å². The summed E-state index contributed by atoms with van der Waals surface area (Å²) in [4.78, 5) is 6.98. The molecule has 0 bridgehead atoms. The second-order valence-electron chi connectivity index (χ2n) is 11.3. The number of aliphatic hydroxyl groups is 1. The zero-order valence-corrected chi connectivity index (χ0v) is 24.9. The summed E-state index contributed by atoms with van der Waals surface area (Å²) in [5, 5.41) is 16.6. The SMILES string of the molecule is CCOc1ccc2c(c1)c(-c1ccnc(N3CCC(O)CC3)c1)nn2C(c1ccccc1)(c1ccccc1)c1ccccc1. The van der Waals surface area contributed by atoms with E-state index in [1.165, 1.54) is 0 Å². The van der Waals surface area contributed by atoms with Crippen LogP contribution >= 0.6 is 0 Å². The van der Waals surface area contributed by atoms with Crippen LogP contribution in [-0.4, -0.2) is 45.7 Å². The Morgan fingerprint density at radius 1 is 0.773 bits per heavy atom. The maximum atomic E-state index is 10.1. The molecule has 1 aliphatic heterocycles. The molecule has 1 saturated heterocycles. The van der Waals surface area contributed by atoms with E-state index in [2.05, 4.69) is 119 Å². The fourth-order valence-corrected chi connectivity index (χ4v) is 6.56. The van der Waals surface area contributed by atoms with Crippen LogP contribution in [0.1, 0.15) is 36.5 Å². The van der Waals surface area contributed by atoms with Crippen molar-refractivity contribution in [1.82, 2.24) is 14.8 Å². The van der Waals surface area contributed by atoms with Gasteiger partial charge in [-0.2, -0.15) is 5.10 Å². The maximum absolute atomic E-state index is 10.1. The van der Waals surface area contributed by atoms with Crippen LogP contribution in [0.15, 0.2) is 128 Å². The number of anilines is 1. The second kappa shape index (κ2) is 12.0. The number of aromatic nitrogens is 3. The zero-order valence-electron chi connectivity index (χ0n) is 24.9. The van der Waals surface area contributed by atoms with Gasteiger partial charge >= 0.3 is 0 Å². The lowest BCUT2D eigenvalue weighted by molar-refractivity contribution is 0.145. The first-order valence-corrected chi connectivity index (χ1v) is 15.4. The number of ether oxygens (including phenoxy) is 1. The number of nitrogens with zero attached hydrogens (tertiary/aromatic N) is 4. The topological polar surface area (TPSA) is 63.4 Å². The van der Waals surface area contributed by atoms with Gasteiger partial charge in [-0.05, 0) is 66.8 Å². The highest BCUT2D eigenvalue weighted by Gasteiger charge is 2.41. The molecule has 0 unspecified atom stereocenters. The van der Waals surface area contributed by atoms with E-state index in [0.29, 0.717) is 6.61 Å². The van der Waals surface area contributed by atoms with E-state index in [1.54, 1.807) is 0 Å². The maximum Gasteiger partial charge on any atom is 0.138 e. The predicted molar refractivity (Wildman–Crippen MR) is 176 cm³/mol. The Bertz CT molecular complexity index is 1750. The fourth-order valence-electron chi connectivity index (χ4n) is 6.56. The van der Waals surface area contributed by atoms with Gasteiger partial charge in [-0.25, -0.2) is 9.67 Å². The molecule has 3 heterocycles. The van der Waals surface area contributed by atoms with Gasteiger partial charge in [-0.3, -0.25) is 0 Å². The summed E-state index contributed by atoms with van der Waals surface area (Å²) in [5.74, 6) is 1.71. The monoisotopic (exact) mass is 580 g/mol. The highest BCUT2D eigenvalue weighted by molar-refractivity contribution is 5.95. The normalized spacial score (nSPS) is 14.2. The van der Waals surface area contributed by atoms with Crippen molar-refractivity contribution in [2.75, 3.05) is 24.6 Å². The lowest BCUT2D eigenvalue weighted by Crippen LogP contribution is -2.38. The number of piperidine rings is 1. The van der Waals surface area contributed by atoms with Crippen LogP contribution in [-0.2, 0) is 5.54 Å². The number of fused-ring (bicyclic) bond motifs is 1. The molecule has 1 aliphatic rings. The first-order chi connectivity index (χ1) is 21.7. The second-order valence-corrected chi connectivity index (χ2v) is 11.3. The van der Waals surface area contributed by atoms with Crippen LogP contribution in [0.2, 0.25) is 0 Å². The Morgan fingerprint density at radius 3 is 1.93 bits per heavy atom. The van der Waals surface area contributed by atoms with Crippen molar-refractivity contribution in [1.29, 1.82) is 0 Å². The molecule has 6 heteroatoms. The molecule has 4 aromatic carbocycles. The largest absolute Gasteiger partial charge is 0.494 e. The van der Waals surface area contributed by atoms with Gasteiger partial charge in [-0.1, -0.05) is 91.0 Å². The molecule has 0 spiro atoms. The molecule has 1 fully saturated rings. The van der Waals surface area contributed by atoms with E-state index in [9.17, 15) is 5.11 Å². The minimum Gasteiger partial charge on any atom is -0.494 e. The Balaban J connectivity index is 1.52. The fraction of sp³-hybridized carbons (Fsp3) is 0.211. The molecule has 0 radical (unpaired) electrons. The van der Waals surface area contributed by atoms with Gasteiger partial charge in [0.25, 0.3) is 0 Å². The van der Waals surface area contributed by atoms with Crippen molar-refractivity contribution in [3.8, 4) is 17.0 Å². The summed E-state index contributed by atoms with van der Waals surface area (Å²) < 4.78 is 8.20. The lowest BCUT2D eigenvalue weighted by atomic mass is 9.77. The summed E-state index contributed by atoms with van der Waals surface area (Å²) >= 11 is 0. The van der Waals surface area contributed by atoms with Gasteiger partial charge in [0.05, 0.1) is 18.2 Å². The minimum absolute atomic E-state index is 0.242. The summed E-state index contributed by atoms with van der Waals surface area (Å²) in [6.07, 6.45) is 3.11. The van der Waals surface area contributed by atoms with E-state index < -0.39 is 5.54 Å². The third kappa shape index (κ3) is 4.91. The van der Waals surface area contributed by atoms with Crippen molar-refractivity contribution in [2.24, 2.45) is 0 Å². The highest BCUT2D eigenvalue weighted by Crippen LogP contribution is 2.44. The smallest absolute Gasteiger partial charge is 0.138 e. The van der Waals surface area contributed by atoms with E-state index >= 15 is 0 Å². The number of hydrogen-bond acceptors (Lipinski definition) is 5. The van der Waals surface area contributed by atoms with Crippen LogP contribution in [0.3, 0.4) is 0 Å². The van der Waals surface area contributed by atoms with Gasteiger partial charge in [0, 0.05) is 30.2 Å². The number of hydrogen-bond donors (Lipinski definition) is 1. The number of rotatable bonds is 8. The molecular weight excluding hydrogens is 544 g/mol. The summed E-state index contributed by atoms with van der Waals surface area (Å²) in [6, 6.07) is 42.4. The van der Waals surface area contributed by atoms with E-state index in [4.69, 9.17) is 14.8 Å². The van der Waals surface area contributed by atoms with Gasteiger partial charge in [0.15, 0.2) is 0 Å². The molecule has 0 saturated carbocycles. The molecule has 0 atom stereocenters. The molecule has 6 aromatic rings. The molecule has 7 rings (SSSR count). The van der Waals surface area contributed by atoms with Crippen LogP contribution in [0.4, 0.5) is 5.82 Å². The summed E-state index contributed by atoms with van der Waals surface area (Å²) in [7, 11) is 0.